The van der Waals surface area contributed by atoms with Crippen LogP contribution in [0.2, 0.25) is 10.0 Å². The predicted molar refractivity (Wildman–Crippen MR) is 112 cm³/mol. The maximum absolute atomic E-state index is 11.5. The minimum absolute atomic E-state index is 0.00199. The molecule has 0 fully saturated rings. The van der Waals surface area contributed by atoms with E-state index in [1.807, 2.05) is 6.92 Å². The number of halogens is 2. The molecule has 3 aromatic rings. The molecule has 3 rings (SSSR count). The molecule has 138 valence electrons. The van der Waals surface area contributed by atoms with Gasteiger partial charge < -0.3 is 5.32 Å². The molecule has 0 saturated carbocycles. The van der Waals surface area contributed by atoms with Crippen LogP contribution >= 0.6 is 34.7 Å². The molecular formula is C19H16Cl2N4OS. The molecule has 0 aliphatic carbocycles. The van der Waals surface area contributed by atoms with Gasteiger partial charge in [0.2, 0.25) is 5.96 Å². The first-order valence-electron chi connectivity index (χ1n) is 8.00. The average Bonchev–Trinajstić information content (AvgIpc) is 2.96. The van der Waals surface area contributed by atoms with E-state index in [-0.39, 0.29) is 5.78 Å². The van der Waals surface area contributed by atoms with Crippen LogP contribution in [0, 0.1) is 12.3 Å². The van der Waals surface area contributed by atoms with Crippen LogP contribution in [-0.4, -0.2) is 15.7 Å². The molecular weight excluding hydrogens is 403 g/mol. The Balaban J connectivity index is 2.06. The van der Waals surface area contributed by atoms with Gasteiger partial charge in [0.05, 0.1) is 10.7 Å². The SMILES string of the molecule is CC(=O)c1ccc(NC(=Nc2cc(Cl)ccc2Cl)n2sc(C)cc2=N)cc1. The van der Waals surface area contributed by atoms with E-state index in [0.717, 1.165) is 10.6 Å². The van der Waals surface area contributed by atoms with Gasteiger partial charge in [-0.15, -0.1) is 0 Å². The normalized spacial score (nSPS) is 11.5. The Morgan fingerprint density at radius 3 is 2.44 bits per heavy atom. The average molecular weight is 419 g/mol. The van der Waals surface area contributed by atoms with Crippen LogP contribution in [0.25, 0.3) is 0 Å². The van der Waals surface area contributed by atoms with Gasteiger partial charge in [0.25, 0.3) is 0 Å². The standard InChI is InChI=1S/C19H16Cl2N4OS/c1-11-9-18(22)25(27-11)19(24-17-10-14(20)5-8-16(17)21)23-15-6-3-13(4-7-15)12(2)26/h3-10,22H,1-2H3,(H,23,24). The number of benzene rings is 2. The fourth-order valence-corrected chi connectivity index (χ4v) is 3.46. The van der Waals surface area contributed by atoms with Gasteiger partial charge in [-0.25, -0.2) is 8.95 Å². The van der Waals surface area contributed by atoms with E-state index < -0.39 is 0 Å². The van der Waals surface area contributed by atoms with Crippen molar-refractivity contribution in [3.63, 3.8) is 0 Å². The number of aryl methyl sites for hydroxylation is 1. The first-order valence-corrected chi connectivity index (χ1v) is 9.53. The van der Waals surface area contributed by atoms with Crippen molar-refractivity contribution in [3.05, 3.63) is 74.5 Å². The number of aromatic nitrogens is 1. The number of aliphatic imine (C=N–C) groups is 1. The number of hydrogen-bond acceptors (Lipinski definition) is 4. The molecule has 0 saturated heterocycles. The summed E-state index contributed by atoms with van der Waals surface area (Å²) < 4.78 is 1.66. The number of anilines is 1. The molecule has 0 bridgehead atoms. The molecule has 8 heteroatoms. The summed E-state index contributed by atoms with van der Waals surface area (Å²) in [6.45, 7) is 3.44. The third-order valence-electron chi connectivity index (χ3n) is 3.67. The van der Waals surface area contributed by atoms with Crippen molar-refractivity contribution in [1.82, 2.24) is 3.96 Å². The summed E-state index contributed by atoms with van der Waals surface area (Å²) in [6, 6.07) is 13.8. The summed E-state index contributed by atoms with van der Waals surface area (Å²) in [4.78, 5) is 17.0. The summed E-state index contributed by atoms with van der Waals surface area (Å²) >= 11 is 13.7. The van der Waals surface area contributed by atoms with E-state index >= 15 is 0 Å². The Bertz CT molecular complexity index is 1080. The Morgan fingerprint density at radius 1 is 1.15 bits per heavy atom. The van der Waals surface area contributed by atoms with Crippen molar-refractivity contribution in [3.8, 4) is 0 Å². The van der Waals surface area contributed by atoms with Crippen molar-refractivity contribution >= 4 is 57.9 Å². The van der Waals surface area contributed by atoms with Crippen LogP contribution in [0.3, 0.4) is 0 Å². The maximum Gasteiger partial charge on any atom is 0.223 e. The summed E-state index contributed by atoms with van der Waals surface area (Å²) in [5, 5.41) is 12.4. The highest BCUT2D eigenvalue weighted by Gasteiger charge is 2.10. The number of ketones is 1. The van der Waals surface area contributed by atoms with Crippen LogP contribution < -0.4 is 10.8 Å². The number of nitrogens with zero attached hydrogens (tertiary/aromatic N) is 2. The third kappa shape index (κ3) is 4.66. The van der Waals surface area contributed by atoms with Gasteiger partial charge in [0, 0.05) is 21.2 Å². The zero-order chi connectivity index (χ0) is 19.6. The highest BCUT2D eigenvalue weighted by Crippen LogP contribution is 2.28. The van der Waals surface area contributed by atoms with E-state index in [0.29, 0.717) is 32.7 Å². The van der Waals surface area contributed by atoms with Gasteiger partial charge in [0.1, 0.15) is 5.49 Å². The molecule has 0 aliphatic rings. The summed E-state index contributed by atoms with van der Waals surface area (Å²) in [7, 11) is 0. The molecule has 0 spiro atoms. The number of Topliss-reactive ketones (excluding diaryl/α,β-unsaturated/α-hetero) is 1. The third-order valence-corrected chi connectivity index (χ3v) is 5.18. The first kappa shape index (κ1) is 19.4. The molecule has 0 unspecified atom stereocenters. The van der Waals surface area contributed by atoms with E-state index in [9.17, 15) is 4.79 Å². The Kier molecular flexibility index (Phi) is 5.79. The van der Waals surface area contributed by atoms with E-state index in [1.165, 1.54) is 18.5 Å². The summed E-state index contributed by atoms with van der Waals surface area (Å²) in [6.07, 6.45) is 0. The molecule has 1 aromatic heterocycles. The van der Waals surface area contributed by atoms with Crippen LogP contribution in [0.5, 0.6) is 0 Å². The smallest absolute Gasteiger partial charge is 0.223 e. The Morgan fingerprint density at radius 2 is 1.85 bits per heavy atom. The molecule has 0 aliphatic heterocycles. The first-order chi connectivity index (χ1) is 12.8. The van der Waals surface area contributed by atoms with Crippen LogP contribution in [0.4, 0.5) is 11.4 Å². The van der Waals surface area contributed by atoms with Gasteiger partial charge in [-0.05, 0) is 62.4 Å². The van der Waals surface area contributed by atoms with Crippen molar-refractivity contribution in [2.45, 2.75) is 13.8 Å². The quantitative estimate of drug-likeness (QED) is 0.335. The molecule has 2 N–H and O–H groups in total. The van der Waals surface area contributed by atoms with Gasteiger partial charge in [0.15, 0.2) is 5.78 Å². The highest BCUT2D eigenvalue weighted by molar-refractivity contribution is 7.07. The van der Waals surface area contributed by atoms with Gasteiger partial charge in [-0.1, -0.05) is 34.7 Å². The molecule has 27 heavy (non-hydrogen) atoms. The summed E-state index contributed by atoms with van der Waals surface area (Å²) in [5.74, 6) is 0.413. The zero-order valence-corrected chi connectivity index (χ0v) is 16.9. The largest absolute Gasteiger partial charge is 0.325 e. The van der Waals surface area contributed by atoms with E-state index in [1.54, 1.807) is 52.5 Å². The molecule has 0 amide bonds. The second-order valence-corrected chi connectivity index (χ2v) is 7.85. The van der Waals surface area contributed by atoms with E-state index in [4.69, 9.17) is 28.6 Å². The number of nitrogens with one attached hydrogen (secondary N) is 2. The van der Waals surface area contributed by atoms with Crippen molar-refractivity contribution < 1.29 is 4.79 Å². The number of rotatable bonds is 3. The van der Waals surface area contributed by atoms with Crippen LogP contribution in [0.1, 0.15) is 22.2 Å². The van der Waals surface area contributed by atoms with Crippen molar-refractivity contribution in [2.24, 2.45) is 4.99 Å². The monoisotopic (exact) mass is 418 g/mol. The highest BCUT2D eigenvalue weighted by atomic mass is 35.5. The number of carbonyl (C=O) groups is 1. The fourth-order valence-electron chi connectivity index (χ4n) is 2.36. The molecule has 2 aromatic carbocycles. The van der Waals surface area contributed by atoms with Crippen molar-refractivity contribution in [2.75, 3.05) is 5.32 Å². The number of carbonyl (C=O) groups excluding carboxylic acids is 1. The van der Waals surface area contributed by atoms with Gasteiger partial charge in [-0.2, -0.15) is 0 Å². The van der Waals surface area contributed by atoms with Crippen LogP contribution in [0.15, 0.2) is 53.5 Å². The zero-order valence-electron chi connectivity index (χ0n) is 14.6. The lowest BCUT2D eigenvalue weighted by Gasteiger charge is -2.11. The topological polar surface area (TPSA) is 70.2 Å². The second-order valence-electron chi connectivity index (χ2n) is 5.82. The van der Waals surface area contributed by atoms with Crippen LogP contribution in [-0.2, 0) is 0 Å². The maximum atomic E-state index is 11.5. The Labute approximate surface area is 170 Å². The molecule has 0 atom stereocenters. The fraction of sp³-hybridized carbons (Fsp3) is 0.105. The second kappa shape index (κ2) is 8.08. The lowest BCUT2D eigenvalue weighted by molar-refractivity contribution is 0.101. The lowest BCUT2D eigenvalue weighted by atomic mass is 10.1. The van der Waals surface area contributed by atoms with Crippen molar-refractivity contribution in [1.29, 1.82) is 5.41 Å². The van der Waals surface area contributed by atoms with Gasteiger partial charge in [-0.3, -0.25) is 10.2 Å². The Hall–Kier alpha value is -2.41. The minimum atomic E-state index is -0.00199. The summed E-state index contributed by atoms with van der Waals surface area (Å²) in [5.41, 5.74) is 2.14. The van der Waals surface area contributed by atoms with Gasteiger partial charge >= 0.3 is 0 Å². The predicted octanol–water partition coefficient (Wildman–Crippen LogP) is 5.49. The lowest BCUT2D eigenvalue weighted by Crippen LogP contribution is -2.28. The number of hydrogen-bond donors (Lipinski definition) is 2. The van der Waals surface area contributed by atoms with E-state index in [2.05, 4.69) is 10.3 Å². The molecule has 5 nitrogen and oxygen atoms in total. The minimum Gasteiger partial charge on any atom is -0.325 e. The molecule has 1 heterocycles. The molecule has 0 radical (unpaired) electrons.